The van der Waals surface area contributed by atoms with E-state index in [2.05, 4.69) is 14.7 Å². The van der Waals surface area contributed by atoms with Gasteiger partial charge in [-0.2, -0.15) is 0 Å². The van der Waals surface area contributed by atoms with Crippen molar-refractivity contribution in [2.75, 3.05) is 13.7 Å². The number of nitrogens with zero attached hydrogens (tertiary/aromatic N) is 3. The van der Waals surface area contributed by atoms with E-state index in [0.29, 0.717) is 11.7 Å². The van der Waals surface area contributed by atoms with Gasteiger partial charge in [-0.05, 0) is 6.42 Å². The summed E-state index contributed by atoms with van der Waals surface area (Å²) in [5, 5.41) is 0.536. The fraction of sp³-hybridized carbons (Fsp3) is 0.583. The molecule has 0 bridgehead atoms. The standard InChI is InChI=1S/C12H18N4O2S/c1-18-12(17)11(13)4-9-5-16(7-15-9)6-10-2-3-14-8-19-10/h5,7-8,10-11H,2-4,6,13H2,1H3/t10?,11-/m0/s1. The summed E-state index contributed by atoms with van der Waals surface area (Å²) in [5.41, 5.74) is 8.44. The van der Waals surface area contributed by atoms with Crippen molar-refractivity contribution in [1.82, 2.24) is 9.55 Å². The number of carbonyl (C=O) groups excluding carboxylic acids is 1. The predicted molar refractivity (Wildman–Crippen MR) is 75.3 cm³/mol. The van der Waals surface area contributed by atoms with Gasteiger partial charge in [0.2, 0.25) is 0 Å². The molecule has 0 saturated carbocycles. The Bertz CT molecular complexity index is 460. The second-order valence-electron chi connectivity index (χ2n) is 4.45. The van der Waals surface area contributed by atoms with E-state index < -0.39 is 12.0 Å². The molecule has 1 aliphatic heterocycles. The SMILES string of the molecule is COC(=O)[C@@H](N)Cc1cn(CC2CCN=CS2)cn1. The zero-order valence-electron chi connectivity index (χ0n) is 10.9. The molecular formula is C12H18N4O2S. The molecule has 0 saturated heterocycles. The van der Waals surface area contributed by atoms with Crippen LogP contribution in [0, 0.1) is 0 Å². The Balaban J connectivity index is 1.88. The fourth-order valence-corrected chi connectivity index (χ4v) is 2.77. The first-order valence-corrected chi connectivity index (χ1v) is 7.11. The minimum Gasteiger partial charge on any atom is -0.468 e. The molecule has 19 heavy (non-hydrogen) atoms. The minimum atomic E-state index is -0.649. The van der Waals surface area contributed by atoms with Crippen LogP contribution >= 0.6 is 11.8 Å². The summed E-state index contributed by atoms with van der Waals surface area (Å²) >= 11 is 1.75. The van der Waals surface area contributed by atoms with Crippen LogP contribution in [0.25, 0.3) is 0 Å². The third kappa shape index (κ3) is 4.07. The van der Waals surface area contributed by atoms with Crippen LogP contribution in [0.3, 0.4) is 0 Å². The number of aliphatic imine (C=N–C) groups is 1. The molecule has 2 heterocycles. The normalized spacial score (nSPS) is 20.2. The van der Waals surface area contributed by atoms with Gasteiger partial charge in [0.15, 0.2) is 0 Å². The third-order valence-corrected chi connectivity index (χ3v) is 3.98. The van der Waals surface area contributed by atoms with E-state index in [4.69, 9.17) is 5.73 Å². The van der Waals surface area contributed by atoms with E-state index in [-0.39, 0.29) is 0 Å². The molecule has 2 atom stereocenters. The van der Waals surface area contributed by atoms with Crippen LogP contribution in [0.15, 0.2) is 17.5 Å². The maximum atomic E-state index is 11.2. The van der Waals surface area contributed by atoms with E-state index in [1.165, 1.54) is 7.11 Å². The number of methoxy groups -OCH3 is 1. The first kappa shape index (κ1) is 14.1. The van der Waals surface area contributed by atoms with Crippen LogP contribution < -0.4 is 5.73 Å². The van der Waals surface area contributed by atoms with Gasteiger partial charge in [-0.15, -0.1) is 11.8 Å². The van der Waals surface area contributed by atoms with E-state index >= 15 is 0 Å². The zero-order valence-corrected chi connectivity index (χ0v) is 11.7. The molecule has 7 heteroatoms. The van der Waals surface area contributed by atoms with Crippen molar-refractivity contribution in [1.29, 1.82) is 0 Å². The van der Waals surface area contributed by atoms with Gasteiger partial charge in [0.1, 0.15) is 6.04 Å². The molecule has 6 nitrogen and oxygen atoms in total. The lowest BCUT2D eigenvalue weighted by Crippen LogP contribution is -2.33. The van der Waals surface area contributed by atoms with Crippen molar-refractivity contribution in [3.63, 3.8) is 0 Å². The topological polar surface area (TPSA) is 82.5 Å². The molecule has 0 radical (unpaired) electrons. The van der Waals surface area contributed by atoms with Gasteiger partial charge in [0.05, 0.1) is 24.7 Å². The predicted octanol–water partition coefficient (Wildman–Crippen LogP) is 0.460. The highest BCUT2D eigenvalue weighted by molar-refractivity contribution is 8.12. The largest absolute Gasteiger partial charge is 0.468 e. The monoisotopic (exact) mass is 282 g/mol. The van der Waals surface area contributed by atoms with E-state index in [0.717, 1.165) is 25.2 Å². The van der Waals surface area contributed by atoms with Gasteiger partial charge in [-0.3, -0.25) is 9.79 Å². The summed E-state index contributed by atoms with van der Waals surface area (Å²) in [6.07, 6.45) is 5.20. The van der Waals surface area contributed by atoms with Crippen molar-refractivity contribution >= 4 is 23.3 Å². The molecule has 0 aromatic carbocycles. The number of aromatic nitrogens is 2. The molecule has 0 aliphatic carbocycles. The molecular weight excluding hydrogens is 264 g/mol. The summed E-state index contributed by atoms with van der Waals surface area (Å²) in [6, 6.07) is -0.649. The van der Waals surface area contributed by atoms with Crippen molar-refractivity contribution in [2.24, 2.45) is 10.7 Å². The van der Waals surface area contributed by atoms with Crippen molar-refractivity contribution in [2.45, 2.75) is 30.7 Å². The van der Waals surface area contributed by atoms with Crippen LogP contribution in [0.5, 0.6) is 0 Å². The Morgan fingerprint density at radius 1 is 1.74 bits per heavy atom. The van der Waals surface area contributed by atoms with Crippen molar-refractivity contribution in [3.8, 4) is 0 Å². The molecule has 2 N–H and O–H groups in total. The highest BCUT2D eigenvalue weighted by Crippen LogP contribution is 2.18. The molecule has 2 rings (SSSR count). The molecule has 1 aromatic rings. The minimum absolute atomic E-state index is 0.402. The average Bonchev–Trinajstić information content (AvgIpc) is 2.86. The number of nitrogens with two attached hydrogens (primary N) is 1. The van der Waals surface area contributed by atoms with Gasteiger partial charge in [-0.1, -0.05) is 0 Å². The fourth-order valence-electron chi connectivity index (χ4n) is 1.91. The number of rotatable bonds is 5. The molecule has 0 spiro atoms. The lowest BCUT2D eigenvalue weighted by molar-refractivity contribution is -0.142. The molecule has 104 valence electrons. The van der Waals surface area contributed by atoms with Gasteiger partial charge in [-0.25, -0.2) is 4.98 Å². The Morgan fingerprint density at radius 3 is 3.26 bits per heavy atom. The van der Waals surface area contributed by atoms with Crippen LogP contribution in [-0.4, -0.2) is 46.0 Å². The van der Waals surface area contributed by atoms with Gasteiger partial charge in [0.25, 0.3) is 0 Å². The number of hydrogen-bond donors (Lipinski definition) is 1. The quantitative estimate of drug-likeness (QED) is 0.793. The number of thioether (sulfide) groups is 1. The van der Waals surface area contributed by atoms with E-state index in [1.807, 2.05) is 16.3 Å². The Kier molecular flexibility index (Phi) is 4.98. The Labute approximate surface area is 116 Å². The first-order chi connectivity index (χ1) is 9.19. The van der Waals surface area contributed by atoms with Crippen LogP contribution in [0.4, 0.5) is 0 Å². The summed E-state index contributed by atoms with van der Waals surface area (Å²) in [5.74, 6) is -0.409. The smallest absolute Gasteiger partial charge is 0.323 e. The molecule has 1 aromatic heterocycles. The van der Waals surface area contributed by atoms with Gasteiger partial charge in [0, 0.05) is 31.0 Å². The molecule has 0 amide bonds. The van der Waals surface area contributed by atoms with Crippen LogP contribution in [0.2, 0.25) is 0 Å². The number of carbonyl (C=O) groups is 1. The van der Waals surface area contributed by atoms with Gasteiger partial charge < -0.3 is 15.0 Å². The van der Waals surface area contributed by atoms with Crippen LogP contribution in [0.1, 0.15) is 12.1 Å². The highest BCUT2D eigenvalue weighted by Gasteiger charge is 2.17. The van der Waals surface area contributed by atoms with Crippen molar-refractivity contribution < 1.29 is 9.53 Å². The lowest BCUT2D eigenvalue weighted by atomic mass is 10.2. The molecule has 1 unspecified atom stereocenters. The van der Waals surface area contributed by atoms with Gasteiger partial charge >= 0.3 is 5.97 Å². The third-order valence-electron chi connectivity index (χ3n) is 2.94. The lowest BCUT2D eigenvalue weighted by Gasteiger charge is -2.16. The Morgan fingerprint density at radius 2 is 2.58 bits per heavy atom. The number of imidazole rings is 1. The summed E-state index contributed by atoms with van der Waals surface area (Å²) in [6.45, 7) is 1.80. The average molecular weight is 282 g/mol. The second kappa shape index (κ2) is 6.72. The maximum Gasteiger partial charge on any atom is 0.323 e. The molecule has 0 fully saturated rings. The highest BCUT2D eigenvalue weighted by atomic mass is 32.2. The maximum absolute atomic E-state index is 11.2. The summed E-state index contributed by atoms with van der Waals surface area (Å²) in [4.78, 5) is 19.7. The Hall–Kier alpha value is -1.34. The van der Waals surface area contributed by atoms with Crippen LogP contribution in [-0.2, 0) is 22.5 Å². The van der Waals surface area contributed by atoms with Crippen molar-refractivity contribution in [3.05, 3.63) is 18.2 Å². The zero-order chi connectivity index (χ0) is 13.7. The number of ether oxygens (including phenoxy) is 1. The first-order valence-electron chi connectivity index (χ1n) is 6.17. The summed E-state index contributed by atoms with van der Waals surface area (Å²) in [7, 11) is 1.34. The number of esters is 1. The second-order valence-corrected chi connectivity index (χ2v) is 5.60. The molecule has 1 aliphatic rings. The number of hydrogen-bond acceptors (Lipinski definition) is 6. The van der Waals surface area contributed by atoms with E-state index in [9.17, 15) is 4.79 Å². The summed E-state index contributed by atoms with van der Waals surface area (Å²) < 4.78 is 6.63. The van der Waals surface area contributed by atoms with E-state index in [1.54, 1.807) is 18.1 Å².